The van der Waals surface area contributed by atoms with Crippen LogP contribution in [-0.2, 0) is 23.8 Å². The Balaban J connectivity index is 4.49. The third-order valence-corrected chi connectivity index (χ3v) is 9.34. The third kappa shape index (κ3) is 45.3. The summed E-state index contributed by atoms with van der Waals surface area (Å²) in [7, 11) is 0. The predicted molar refractivity (Wildman–Crippen MR) is 251 cm³/mol. The summed E-state index contributed by atoms with van der Waals surface area (Å²) < 4.78 is 17.2. The SMILES string of the molecule is CC/C=C\C/C=C\C/C=C\C/C=C\C/C=C\CCOCC(COC(=O)CC/C=C\C/C=C\C/C=C\C/C=C\CC)OC(=O)CCCCCCCCCCCCCCC. The van der Waals surface area contributed by atoms with Crippen LogP contribution in [0.2, 0.25) is 0 Å². The van der Waals surface area contributed by atoms with Gasteiger partial charge in [0.15, 0.2) is 6.10 Å². The number of hydrogen-bond acceptors (Lipinski definition) is 5. The summed E-state index contributed by atoms with van der Waals surface area (Å²) >= 11 is 0. The summed E-state index contributed by atoms with van der Waals surface area (Å²) in [5.41, 5.74) is 0. The van der Waals surface area contributed by atoms with Gasteiger partial charge in [0.1, 0.15) is 6.61 Å². The molecule has 0 heterocycles. The number of carbonyl (C=O) groups is 2. The Bertz CT molecular complexity index is 1180. The van der Waals surface area contributed by atoms with Crippen molar-refractivity contribution >= 4 is 11.9 Å². The average molecular weight is 803 g/mol. The molecule has 0 radical (unpaired) electrons. The van der Waals surface area contributed by atoms with E-state index in [2.05, 4.69) is 124 Å². The number of ether oxygens (including phenoxy) is 3. The number of esters is 2. The minimum Gasteiger partial charge on any atom is -0.462 e. The molecule has 0 aliphatic carbocycles. The van der Waals surface area contributed by atoms with Crippen molar-refractivity contribution in [1.82, 2.24) is 0 Å². The number of carbonyl (C=O) groups excluding carboxylic acids is 2. The largest absolute Gasteiger partial charge is 0.462 e. The van der Waals surface area contributed by atoms with E-state index in [-0.39, 0.29) is 25.2 Å². The van der Waals surface area contributed by atoms with E-state index in [0.717, 1.165) is 83.5 Å². The van der Waals surface area contributed by atoms with E-state index < -0.39 is 6.10 Å². The number of rotatable bonds is 41. The maximum absolute atomic E-state index is 12.7. The van der Waals surface area contributed by atoms with Crippen molar-refractivity contribution in [2.24, 2.45) is 0 Å². The average Bonchev–Trinajstić information content (AvgIpc) is 3.22. The van der Waals surface area contributed by atoms with Gasteiger partial charge in [-0.25, -0.2) is 0 Å². The van der Waals surface area contributed by atoms with Crippen LogP contribution < -0.4 is 0 Å². The van der Waals surface area contributed by atoms with E-state index in [1.165, 1.54) is 64.2 Å². The summed E-state index contributed by atoms with van der Waals surface area (Å²) in [4.78, 5) is 25.2. The van der Waals surface area contributed by atoms with Gasteiger partial charge in [-0.15, -0.1) is 0 Å². The molecule has 0 saturated heterocycles. The third-order valence-electron chi connectivity index (χ3n) is 9.34. The summed E-state index contributed by atoms with van der Waals surface area (Å²) in [5.74, 6) is -0.538. The second-order valence-corrected chi connectivity index (χ2v) is 14.9. The van der Waals surface area contributed by atoms with E-state index in [1.54, 1.807) is 0 Å². The predicted octanol–water partition coefficient (Wildman–Crippen LogP) is 15.7. The highest BCUT2D eigenvalue weighted by atomic mass is 16.6. The van der Waals surface area contributed by atoms with Crippen LogP contribution in [0.15, 0.2) is 109 Å². The molecule has 0 saturated carbocycles. The molecule has 0 amide bonds. The summed E-state index contributed by atoms with van der Waals surface area (Å²) in [6, 6.07) is 0. The van der Waals surface area contributed by atoms with Crippen LogP contribution in [0.4, 0.5) is 0 Å². The zero-order chi connectivity index (χ0) is 42.1. The van der Waals surface area contributed by atoms with Crippen molar-refractivity contribution in [2.45, 2.75) is 194 Å². The highest BCUT2D eigenvalue weighted by Gasteiger charge is 2.17. The van der Waals surface area contributed by atoms with Crippen molar-refractivity contribution in [3.05, 3.63) is 109 Å². The first kappa shape index (κ1) is 54.6. The van der Waals surface area contributed by atoms with Crippen molar-refractivity contribution in [3.63, 3.8) is 0 Å². The van der Waals surface area contributed by atoms with E-state index in [9.17, 15) is 9.59 Å². The molecular weight excluding hydrogens is 717 g/mol. The first-order valence-corrected chi connectivity index (χ1v) is 23.4. The first-order valence-electron chi connectivity index (χ1n) is 23.4. The molecule has 0 N–H and O–H groups in total. The Morgan fingerprint density at radius 1 is 0.397 bits per heavy atom. The lowest BCUT2D eigenvalue weighted by molar-refractivity contribution is -0.162. The standard InChI is InChI=1S/C53H86O5/c1-4-7-10-13-16-19-22-25-26-27-30-33-36-39-42-45-48-56-49-51(58-53(55)47-44-41-38-35-32-29-24-21-18-15-12-9-6-3)50-57-52(54)46-43-40-37-34-31-28-23-20-17-14-11-8-5-2/h7-8,10-11,16-17,19-20,25-26,28,30-31,33,37,39-40,42,51H,4-6,9,12-15,18,21-24,27,29,32,34-36,38,41,43-50H2,1-3H3/b10-7-,11-8-,19-16-,20-17-,26-25-,31-28-,33-30-,40-37-,42-39-. The second kappa shape index (κ2) is 47.9. The van der Waals surface area contributed by atoms with Crippen LogP contribution in [0.5, 0.6) is 0 Å². The lowest BCUT2D eigenvalue weighted by Gasteiger charge is -2.18. The monoisotopic (exact) mass is 803 g/mol. The Kier molecular flexibility index (Phi) is 45.1. The Labute approximate surface area is 357 Å². The Morgan fingerprint density at radius 3 is 1.21 bits per heavy atom. The molecule has 0 rings (SSSR count). The molecule has 0 aliphatic rings. The van der Waals surface area contributed by atoms with E-state index in [4.69, 9.17) is 14.2 Å². The highest BCUT2D eigenvalue weighted by Crippen LogP contribution is 2.14. The fourth-order valence-corrected chi connectivity index (χ4v) is 5.94. The molecular formula is C53H86O5. The summed E-state index contributed by atoms with van der Waals surface area (Å²) in [6.07, 6.45) is 65.5. The minimum absolute atomic E-state index is 0.0129. The minimum atomic E-state index is -0.607. The van der Waals surface area contributed by atoms with E-state index in [0.29, 0.717) is 25.9 Å². The molecule has 0 bridgehead atoms. The highest BCUT2D eigenvalue weighted by molar-refractivity contribution is 5.70. The number of unbranched alkanes of at least 4 members (excludes halogenated alkanes) is 12. The fraction of sp³-hybridized carbons (Fsp3) is 0.623. The van der Waals surface area contributed by atoms with Gasteiger partial charge < -0.3 is 14.2 Å². The van der Waals surface area contributed by atoms with Gasteiger partial charge in [0.25, 0.3) is 0 Å². The maximum atomic E-state index is 12.7. The zero-order valence-electron chi connectivity index (χ0n) is 37.5. The molecule has 5 heteroatoms. The fourth-order valence-electron chi connectivity index (χ4n) is 5.94. The van der Waals surface area contributed by atoms with Gasteiger partial charge in [0.05, 0.1) is 13.2 Å². The summed E-state index contributed by atoms with van der Waals surface area (Å²) in [6.45, 7) is 7.29. The molecule has 328 valence electrons. The Hall–Kier alpha value is -3.44. The van der Waals surface area contributed by atoms with Gasteiger partial charge in [-0.05, 0) is 77.0 Å². The van der Waals surface area contributed by atoms with Gasteiger partial charge in [-0.3, -0.25) is 9.59 Å². The zero-order valence-corrected chi connectivity index (χ0v) is 37.5. The van der Waals surface area contributed by atoms with Crippen LogP contribution in [0.3, 0.4) is 0 Å². The van der Waals surface area contributed by atoms with E-state index in [1.807, 2.05) is 6.08 Å². The molecule has 1 atom stereocenters. The van der Waals surface area contributed by atoms with Crippen LogP contribution in [-0.4, -0.2) is 37.9 Å². The van der Waals surface area contributed by atoms with Crippen LogP contribution in [0.25, 0.3) is 0 Å². The smallest absolute Gasteiger partial charge is 0.306 e. The number of allylic oxidation sites excluding steroid dienone is 17. The van der Waals surface area contributed by atoms with Gasteiger partial charge in [-0.1, -0.05) is 207 Å². The normalized spacial score (nSPS) is 13.2. The van der Waals surface area contributed by atoms with Crippen molar-refractivity contribution < 1.29 is 23.8 Å². The molecule has 0 aromatic heterocycles. The van der Waals surface area contributed by atoms with Gasteiger partial charge in [0, 0.05) is 12.8 Å². The van der Waals surface area contributed by atoms with Crippen LogP contribution >= 0.6 is 0 Å². The van der Waals surface area contributed by atoms with Gasteiger partial charge >= 0.3 is 11.9 Å². The van der Waals surface area contributed by atoms with Crippen molar-refractivity contribution in [2.75, 3.05) is 19.8 Å². The molecule has 0 spiro atoms. The number of hydrogen-bond donors (Lipinski definition) is 0. The maximum Gasteiger partial charge on any atom is 0.306 e. The van der Waals surface area contributed by atoms with Crippen molar-refractivity contribution in [1.29, 1.82) is 0 Å². The first-order chi connectivity index (χ1) is 28.6. The molecule has 0 fully saturated rings. The van der Waals surface area contributed by atoms with Gasteiger partial charge in [0.2, 0.25) is 0 Å². The van der Waals surface area contributed by atoms with Gasteiger partial charge in [-0.2, -0.15) is 0 Å². The molecule has 0 aromatic rings. The topological polar surface area (TPSA) is 61.8 Å². The second-order valence-electron chi connectivity index (χ2n) is 14.9. The van der Waals surface area contributed by atoms with Crippen LogP contribution in [0, 0.1) is 0 Å². The van der Waals surface area contributed by atoms with Crippen LogP contribution in [0.1, 0.15) is 188 Å². The summed E-state index contributed by atoms with van der Waals surface area (Å²) in [5, 5.41) is 0. The Morgan fingerprint density at radius 2 is 0.776 bits per heavy atom. The molecule has 1 unspecified atom stereocenters. The molecule has 58 heavy (non-hydrogen) atoms. The molecule has 5 nitrogen and oxygen atoms in total. The lowest BCUT2D eigenvalue weighted by atomic mass is 10.0. The van der Waals surface area contributed by atoms with E-state index >= 15 is 0 Å². The quantitative estimate of drug-likeness (QED) is 0.0350. The lowest BCUT2D eigenvalue weighted by Crippen LogP contribution is -2.30. The molecule has 0 aliphatic heterocycles. The van der Waals surface area contributed by atoms with Crippen molar-refractivity contribution in [3.8, 4) is 0 Å². The molecule has 0 aromatic carbocycles.